The molecule has 1 aromatic rings. The van der Waals surface area contributed by atoms with Gasteiger partial charge in [0, 0.05) is 6.04 Å². The predicted octanol–water partition coefficient (Wildman–Crippen LogP) is 2.62. The fraction of sp³-hybridized carbons (Fsp3) is 0.500. The number of aromatic nitrogens is 1. The van der Waals surface area contributed by atoms with Crippen LogP contribution in [0.4, 0.5) is 11.5 Å². The number of nitrogen functional groups attached to an aromatic ring is 1. The summed E-state index contributed by atoms with van der Waals surface area (Å²) in [5.41, 5.74) is 6.48. The molecule has 3 N–H and O–H groups in total. The summed E-state index contributed by atoms with van der Waals surface area (Å²) in [7, 11) is 0. The van der Waals surface area contributed by atoms with E-state index in [1.165, 1.54) is 11.5 Å². The second-order valence-electron chi connectivity index (χ2n) is 3.60. The molecule has 0 atom stereocenters. The summed E-state index contributed by atoms with van der Waals surface area (Å²) in [6.45, 7) is 0. The lowest BCUT2D eigenvalue weighted by molar-refractivity contribution is 0.664. The molecule has 1 aliphatic heterocycles. The van der Waals surface area contributed by atoms with Crippen LogP contribution in [0.15, 0.2) is 12.1 Å². The van der Waals surface area contributed by atoms with Crippen molar-refractivity contribution in [1.82, 2.24) is 4.98 Å². The molecule has 5 heteroatoms. The molecule has 1 aromatic heterocycles. The first-order chi connectivity index (χ1) is 7.25. The maximum absolute atomic E-state index is 5.82. The lowest BCUT2D eigenvalue weighted by Crippen LogP contribution is -2.25. The number of thioether (sulfide) groups is 1. The molecular weight excluding hydrogens is 230 g/mol. The fourth-order valence-corrected chi connectivity index (χ4v) is 2.85. The second kappa shape index (κ2) is 4.94. The van der Waals surface area contributed by atoms with Gasteiger partial charge in [0.2, 0.25) is 0 Å². The van der Waals surface area contributed by atoms with E-state index in [0.717, 1.165) is 18.7 Å². The maximum atomic E-state index is 5.82. The van der Waals surface area contributed by atoms with Gasteiger partial charge in [0.15, 0.2) is 5.82 Å². The van der Waals surface area contributed by atoms with Gasteiger partial charge in [0.05, 0.1) is 5.69 Å². The summed E-state index contributed by atoms with van der Waals surface area (Å²) in [4.78, 5) is 4.19. The number of hydrogen-bond acceptors (Lipinski definition) is 4. The van der Waals surface area contributed by atoms with Crippen LogP contribution in [0.5, 0.6) is 0 Å². The van der Waals surface area contributed by atoms with Crippen molar-refractivity contribution >= 4 is 34.9 Å². The first-order valence-corrected chi connectivity index (χ1v) is 6.55. The number of nitrogens with one attached hydrogen (secondary N) is 1. The average Bonchev–Trinajstić information content (AvgIpc) is 2.25. The van der Waals surface area contributed by atoms with E-state index in [2.05, 4.69) is 10.3 Å². The molecule has 1 fully saturated rings. The molecule has 0 radical (unpaired) electrons. The van der Waals surface area contributed by atoms with Crippen LogP contribution >= 0.6 is 23.4 Å². The molecular formula is C10H14ClN3S. The number of halogens is 1. The number of nitrogens with two attached hydrogens (primary N) is 1. The zero-order valence-electron chi connectivity index (χ0n) is 8.37. The van der Waals surface area contributed by atoms with Crippen LogP contribution in [0.2, 0.25) is 5.15 Å². The normalized spacial score (nSPS) is 17.7. The van der Waals surface area contributed by atoms with E-state index in [0.29, 0.717) is 16.9 Å². The van der Waals surface area contributed by atoms with Gasteiger partial charge in [-0.3, -0.25) is 0 Å². The monoisotopic (exact) mass is 243 g/mol. The first-order valence-electron chi connectivity index (χ1n) is 5.02. The Hall–Kier alpha value is -0.610. The molecule has 3 nitrogen and oxygen atoms in total. The number of hydrogen-bond donors (Lipinski definition) is 2. The Morgan fingerprint density at radius 2 is 2.13 bits per heavy atom. The van der Waals surface area contributed by atoms with Crippen LogP contribution < -0.4 is 11.1 Å². The van der Waals surface area contributed by atoms with Crippen molar-refractivity contribution < 1.29 is 0 Å². The zero-order chi connectivity index (χ0) is 10.7. The quantitative estimate of drug-likeness (QED) is 0.785. The molecule has 0 amide bonds. The Bertz CT molecular complexity index is 339. The standard InChI is InChI=1S/C10H14ClN3S/c11-9-2-1-8(12)10(14-9)13-7-3-5-15-6-4-7/h1-2,7H,3-6,12H2,(H,13,14). The van der Waals surface area contributed by atoms with Gasteiger partial charge in [-0.2, -0.15) is 11.8 Å². The highest BCUT2D eigenvalue weighted by atomic mass is 35.5. The minimum atomic E-state index is 0.483. The summed E-state index contributed by atoms with van der Waals surface area (Å²) in [6, 6.07) is 3.98. The molecule has 1 saturated heterocycles. The van der Waals surface area contributed by atoms with Gasteiger partial charge in [-0.25, -0.2) is 4.98 Å². The summed E-state index contributed by atoms with van der Waals surface area (Å²) >= 11 is 7.82. The van der Waals surface area contributed by atoms with Gasteiger partial charge < -0.3 is 11.1 Å². The highest BCUT2D eigenvalue weighted by Crippen LogP contribution is 2.24. The average molecular weight is 244 g/mol. The minimum absolute atomic E-state index is 0.483. The second-order valence-corrected chi connectivity index (χ2v) is 5.21. The third-order valence-electron chi connectivity index (χ3n) is 2.45. The number of anilines is 2. The Morgan fingerprint density at radius 3 is 2.87 bits per heavy atom. The molecule has 0 bridgehead atoms. The lowest BCUT2D eigenvalue weighted by atomic mass is 10.1. The van der Waals surface area contributed by atoms with Crippen molar-refractivity contribution in [1.29, 1.82) is 0 Å². The van der Waals surface area contributed by atoms with Gasteiger partial charge in [-0.05, 0) is 36.5 Å². The van der Waals surface area contributed by atoms with Gasteiger partial charge in [-0.1, -0.05) is 11.6 Å². The van der Waals surface area contributed by atoms with Gasteiger partial charge in [0.1, 0.15) is 5.15 Å². The Morgan fingerprint density at radius 1 is 1.40 bits per heavy atom. The summed E-state index contributed by atoms with van der Waals surface area (Å²) in [5, 5.41) is 3.84. The SMILES string of the molecule is Nc1ccc(Cl)nc1NC1CCSCC1. The molecule has 15 heavy (non-hydrogen) atoms. The van der Waals surface area contributed by atoms with Crippen LogP contribution in [0.3, 0.4) is 0 Å². The molecule has 0 saturated carbocycles. The highest BCUT2D eigenvalue weighted by molar-refractivity contribution is 7.99. The van der Waals surface area contributed by atoms with Crippen molar-refractivity contribution in [2.24, 2.45) is 0 Å². The molecule has 0 spiro atoms. The summed E-state index contributed by atoms with van der Waals surface area (Å²) in [6.07, 6.45) is 2.33. The third-order valence-corrected chi connectivity index (χ3v) is 3.71. The van der Waals surface area contributed by atoms with Crippen LogP contribution in [-0.2, 0) is 0 Å². The minimum Gasteiger partial charge on any atom is -0.396 e. The summed E-state index contributed by atoms with van der Waals surface area (Å²) in [5.74, 6) is 3.13. The molecule has 1 aliphatic rings. The largest absolute Gasteiger partial charge is 0.396 e. The lowest BCUT2D eigenvalue weighted by Gasteiger charge is -2.23. The van der Waals surface area contributed by atoms with Crippen molar-refractivity contribution in [3.63, 3.8) is 0 Å². The van der Waals surface area contributed by atoms with Gasteiger partial charge in [-0.15, -0.1) is 0 Å². The predicted molar refractivity (Wildman–Crippen MR) is 67.6 cm³/mol. The van der Waals surface area contributed by atoms with Crippen LogP contribution in [0.25, 0.3) is 0 Å². The number of nitrogens with zero attached hydrogens (tertiary/aromatic N) is 1. The van der Waals surface area contributed by atoms with Crippen LogP contribution in [-0.4, -0.2) is 22.5 Å². The Balaban J connectivity index is 2.05. The zero-order valence-corrected chi connectivity index (χ0v) is 9.94. The van der Waals surface area contributed by atoms with Crippen molar-refractivity contribution in [3.8, 4) is 0 Å². The van der Waals surface area contributed by atoms with Crippen LogP contribution in [0, 0.1) is 0 Å². The highest BCUT2D eigenvalue weighted by Gasteiger charge is 2.14. The molecule has 2 rings (SSSR count). The van der Waals surface area contributed by atoms with E-state index >= 15 is 0 Å². The van der Waals surface area contributed by atoms with Gasteiger partial charge >= 0.3 is 0 Å². The third kappa shape index (κ3) is 2.92. The Kier molecular flexibility index (Phi) is 3.59. The molecule has 0 aliphatic carbocycles. The van der Waals surface area contributed by atoms with Crippen molar-refractivity contribution in [2.45, 2.75) is 18.9 Å². The summed E-state index contributed by atoms with van der Waals surface area (Å²) < 4.78 is 0. The smallest absolute Gasteiger partial charge is 0.151 e. The molecule has 0 aromatic carbocycles. The van der Waals surface area contributed by atoms with Crippen LogP contribution in [0.1, 0.15) is 12.8 Å². The van der Waals surface area contributed by atoms with E-state index in [1.807, 2.05) is 11.8 Å². The molecule has 82 valence electrons. The van der Waals surface area contributed by atoms with Crippen molar-refractivity contribution in [3.05, 3.63) is 17.3 Å². The Labute approximate surface area is 98.8 Å². The fourth-order valence-electron chi connectivity index (χ4n) is 1.60. The van der Waals surface area contributed by atoms with E-state index in [1.54, 1.807) is 12.1 Å². The van der Waals surface area contributed by atoms with E-state index in [-0.39, 0.29) is 0 Å². The topological polar surface area (TPSA) is 50.9 Å². The molecule has 0 unspecified atom stereocenters. The van der Waals surface area contributed by atoms with E-state index < -0.39 is 0 Å². The van der Waals surface area contributed by atoms with Gasteiger partial charge in [0.25, 0.3) is 0 Å². The molecule has 2 heterocycles. The number of pyridine rings is 1. The first kappa shape index (κ1) is 10.9. The van der Waals surface area contributed by atoms with E-state index in [9.17, 15) is 0 Å². The number of rotatable bonds is 2. The van der Waals surface area contributed by atoms with E-state index in [4.69, 9.17) is 17.3 Å². The van der Waals surface area contributed by atoms with Crippen molar-refractivity contribution in [2.75, 3.05) is 22.6 Å². The maximum Gasteiger partial charge on any atom is 0.151 e.